The van der Waals surface area contributed by atoms with Crippen molar-refractivity contribution in [3.63, 3.8) is 0 Å². The predicted octanol–water partition coefficient (Wildman–Crippen LogP) is 1.40. The number of nitro groups is 1. The number of aryl methyl sites for hydroxylation is 1. The quantitative estimate of drug-likeness (QED) is 0.437. The molecule has 1 amide bonds. The number of carbonyl (C=O) groups is 1. The van der Waals surface area contributed by atoms with Gasteiger partial charge in [-0.1, -0.05) is 0 Å². The van der Waals surface area contributed by atoms with Crippen LogP contribution in [0.3, 0.4) is 0 Å². The molecule has 1 aromatic rings. The lowest BCUT2D eigenvalue weighted by atomic mass is 10.0. The molecule has 6 nitrogen and oxygen atoms in total. The number of rotatable bonds is 2. The van der Waals surface area contributed by atoms with E-state index in [0.29, 0.717) is 12.1 Å². The third-order valence-electron chi connectivity index (χ3n) is 2.70. The lowest BCUT2D eigenvalue weighted by Crippen LogP contribution is -2.35. The maximum absolute atomic E-state index is 11.6. The van der Waals surface area contributed by atoms with Crippen LogP contribution in [-0.2, 0) is 11.2 Å². The topological polar surface area (TPSA) is 87.2 Å². The van der Waals surface area contributed by atoms with Crippen molar-refractivity contribution in [1.82, 2.24) is 0 Å². The maximum Gasteiger partial charge on any atom is 0.269 e. The van der Waals surface area contributed by atoms with E-state index >= 15 is 0 Å². The fraction of sp³-hybridized carbons (Fsp3) is 0.273. The summed E-state index contributed by atoms with van der Waals surface area (Å²) in [5.41, 5.74) is 1.36. The molecule has 0 atom stereocenters. The normalized spacial score (nSPS) is 14.1. The number of hydrogen-bond acceptors (Lipinski definition) is 4. The average Bonchev–Trinajstić information content (AvgIpc) is 2.32. The van der Waals surface area contributed by atoms with Gasteiger partial charge in [-0.2, -0.15) is 5.26 Å². The van der Waals surface area contributed by atoms with Crippen molar-refractivity contribution in [3.8, 4) is 6.07 Å². The Bertz CT molecular complexity index is 533. The summed E-state index contributed by atoms with van der Waals surface area (Å²) in [6.07, 6.45) is 0.771. The van der Waals surface area contributed by atoms with Gasteiger partial charge >= 0.3 is 0 Å². The molecule has 0 spiro atoms. The molecule has 1 aliphatic heterocycles. The molecule has 1 heterocycles. The van der Waals surface area contributed by atoms with Crippen molar-refractivity contribution in [2.24, 2.45) is 0 Å². The number of benzene rings is 1. The number of fused-ring (bicyclic) bond motifs is 1. The van der Waals surface area contributed by atoms with E-state index in [4.69, 9.17) is 5.26 Å². The number of carbonyl (C=O) groups excluding carboxylic acids is 1. The number of nitriles is 1. The molecule has 0 radical (unpaired) electrons. The molecule has 17 heavy (non-hydrogen) atoms. The highest BCUT2D eigenvalue weighted by molar-refractivity contribution is 5.96. The molecule has 1 aromatic carbocycles. The van der Waals surface area contributed by atoms with Crippen LogP contribution in [0.2, 0.25) is 0 Å². The molecule has 0 saturated carbocycles. The van der Waals surface area contributed by atoms with Gasteiger partial charge in [-0.15, -0.1) is 0 Å². The Kier molecular flexibility index (Phi) is 2.75. The van der Waals surface area contributed by atoms with Gasteiger partial charge in [0.05, 0.1) is 11.0 Å². The molecule has 0 unspecified atom stereocenters. The molecule has 1 aliphatic rings. The molecule has 0 fully saturated rings. The summed E-state index contributed by atoms with van der Waals surface area (Å²) >= 11 is 0. The number of non-ortho nitro benzene ring substituents is 1. The van der Waals surface area contributed by atoms with Crippen LogP contribution in [-0.4, -0.2) is 17.4 Å². The van der Waals surface area contributed by atoms with Crippen LogP contribution in [0.5, 0.6) is 0 Å². The maximum atomic E-state index is 11.6. The Labute approximate surface area is 97.2 Å². The summed E-state index contributed by atoms with van der Waals surface area (Å²) in [5.74, 6) is -0.118. The van der Waals surface area contributed by atoms with Gasteiger partial charge < -0.3 is 0 Å². The SMILES string of the molecule is N#CCN1C(=O)CCc2cc([N+](=O)[O-])ccc21. The Balaban J connectivity index is 2.44. The number of amides is 1. The highest BCUT2D eigenvalue weighted by Crippen LogP contribution is 2.30. The van der Waals surface area contributed by atoms with E-state index in [9.17, 15) is 14.9 Å². The smallest absolute Gasteiger partial charge is 0.269 e. The zero-order valence-corrected chi connectivity index (χ0v) is 8.92. The van der Waals surface area contributed by atoms with Crippen LogP contribution >= 0.6 is 0 Å². The fourth-order valence-electron chi connectivity index (χ4n) is 1.90. The molecule has 0 bridgehead atoms. The van der Waals surface area contributed by atoms with Gasteiger partial charge in [-0.3, -0.25) is 19.8 Å². The molecular formula is C11H9N3O3. The molecule has 0 N–H and O–H groups in total. The second-order valence-corrected chi connectivity index (χ2v) is 3.71. The van der Waals surface area contributed by atoms with Gasteiger partial charge in [-0.05, 0) is 18.1 Å². The van der Waals surface area contributed by atoms with Gasteiger partial charge in [0, 0.05) is 24.2 Å². The molecular weight excluding hydrogens is 222 g/mol. The first-order valence-electron chi connectivity index (χ1n) is 5.08. The van der Waals surface area contributed by atoms with E-state index in [1.165, 1.54) is 23.1 Å². The fourth-order valence-corrected chi connectivity index (χ4v) is 1.90. The third kappa shape index (κ3) is 1.95. The van der Waals surface area contributed by atoms with Crippen molar-refractivity contribution < 1.29 is 9.72 Å². The first-order chi connectivity index (χ1) is 8.13. The summed E-state index contributed by atoms with van der Waals surface area (Å²) in [4.78, 5) is 23.1. The largest absolute Gasteiger partial charge is 0.298 e. The van der Waals surface area contributed by atoms with Crippen LogP contribution in [0, 0.1) is 21.4 Å². The standard InChI is InChI=1S/C11H9N3O3/c12-5-6-13-10-3-2-9(14(16)17)7-8(10)1-4-11(13)15/h2-3,7H,1,4,6H2. The predicted molar refractivity (Wildman–Crippen MR) is 59.4 cm³/mol. The van der Waals surface area contributed by atoms with E-state index in [1.54, 1.807) is 0 Å². The monoisotopic (exact) mass is 231 g/mol. The number of hydrogen-bond donors (Lipinski definition) is 0. The van der Waals surface area contributed by atoms with Gasteiger partial charge in [0.1, 0.15) is 6.54 Å². The van der Waals surface area contributed by atoms with E-state index in [-0.39, 0.29) is 24.6 Å². The van der Waals surface area contributed by atoms with Crippen molar-refractivity contribution >= 4 is 17.3 Å². The highest BCUT2D eigenvalue weighted by atomic mass is 16.6. The average molecular weight is 231 g/mol. The van der Waals surface area contributed by atoms with Gasteiger partial charge in [0.2, 0.25) is 5.91 Å². The van der Waals surface area contributed by atoms with E-state index in [1.807, 2.05) is 6.07 Å². The second kappa shape index (κ2) is 4.22. The lowest BCUT2D eigenvalue weighted by Gasteiger charge is -2.26. The van der Waals surface area contributed by atoms with Crippen LogP contribution in [0.25, 0.3) is 0 Å². The first kappa shape index (κ1) is 11.1. The summed E-state index contributed by atoms with van der Waals surface area (Å²) in [6.45, 7) is -0.0242. The lowest BCUT2D eigenvalue weighted by molar-refractivity contribution is -0.384. The Morgan fingerprint density at radius 2 is 2.24 bits per heavy atom. The van der Waals surface area contributed by atoms with Crippen LogP contribution in [0.15, 0.2) is 18.2 Å². The van der Waals surface area contributed by atoms with Gasteiger partial charge in [-0.25, -0.2) is 0 Å². The first-order valence-corrected chi connectivity index (χ1v) is 5.08. The van der Waals surface area contributed by atoms with Gasteiger partial charge in [0.25, 0.3) is 5.69 Å². The van der Waals surface area contributed by atoms with E-state index in [2.05, 4.69) is 0 Å². The molecule has 6 heteroatoms. The number of nitrogens with zero attached hydrogens (tertiary/aromatic N) is 3. The van der Waals surface area contributed by atoms with Crippen LogP contribution < -0.4 is 4.90 Å². The summed E-state index contributed by atoms with van der Waals surface area (Å²) in [7, 11) is 0. The van der Waals surface area contributed by atoms with Crippen molar-refractivity contribution in [2.45, 2.75) is 12.8 Å². The summed E-state index contributed by atoms with van der Waals surface area (Å²) < 4.78 is 0. The van der Waals surface area contributed by atoms with Crippen molar-refractivity contribution in [1.29, 1.82) is 5.26 Å². The molecule has 0 saturated heterocycles. The Hall–Kier alpha value is -2.42. The van der Waals surface area contributed by atoms with Crippen molar-refractivity contribution in [3.05, 3.63) is 33.9 Å². The minimum Gasteiger partial charge on any atom is -0.298 e. The molecule has 86 valence electrons. The Morgan fingerprint density at radius 1 is 1.47 bits per heavy atom. The summed E-state index contributed by atoms with van der Waals surface area (Å²) in [5, 5.41) is 19.3. The van der Waals surface area contributed by atoms with Crippen molar-refractivity contribution in [2.75, 3.05) is 11.4 Å². The molecule has 2 rings (SSSR count). The summed E-state index contributed by atoms with van der Waals surface area (Å²) in [6, 6.07) is 6.26. The van der Waals surface area contributed by atoms with E-state index in [0.717, 1.165) is 5.56 Å². The zero-order valence-electron chi connectivity index (χ0n) is 8.92. The third-order valence-corrected chi connectivity index (χ3v) is 2.70. The Morgan fingerprint density at radius 3 is 2.88 bits per heavy atom. The van der Waals surface area contributed by atoms with E-state index < -0.39 is 4.92 Å². The number of nitro benzene ring substituents is 1. The van der Waals surface area contributed by atoms with Crippen LogP contribution in [0.1, 0.15) is 12.0 Å². The highest BCUT2D eigenvalue weighted by Gasteiger charge is 2.25. The zero-order chi connectivity index (χ0) is 12.4. The minimum absolute atomic E-state index is 0.00927. The number of anilines is 1. The molecule has 0 aromatic heterocycles. The van der Waals surface area contributed by atoms with Gasteiger partial charge in [0.15, 0.2) is 0 Å². The molecule has 0 aliphatic carbocycles. The minimum atomic E-state index is -0.467. The second-order valence-electron chi connectivity index (χ2n) is 3.71. The van der Waals surface area contributed by atoms with Crippen LogP contribution in [0.4, 0.5) is 11.4 Å².